The van der Waals surface area contributed by atoms with Crippen LogP contribution in [0.2, 0.25) is 0 Å². The quantitative estimate of drug-likeness (QED) is 0.743. The first kappa shape index (κ1) is 16.1. The molecule has 0 bridgehead atoms. The fraction of sp³-hybridized carbons (Fsp3) is 0.533. The van der Waals surface area contributed by atoms with Crippen LogP contribution in [0, 0.1) is 6.92 Å². The molecule has 19 heavy (non-hydrogen) atoms. The summed E-state index contributed by atoms with van der Waals surface area (Å²) in [6, 6.07) is 7.88. The summed E-state index contributed by atoms with van der Waals surface area (Å²) in [6.45, 7) is 9.57. The zero-order chi connectivity index (χ0) is 14.1. The monoisotopic (exact) mass is 280 g/mol. The molecule has 106 valence electrons. The lowest BCUT2D eigenvalue weighted by Gasteiger charge is -2.17. The maximum atomic E-state index is 11.7. The van der Waals surface area contributed by atoms with E-state index in [2.05, 4.69) is 24.1 Å². The van der Waals surface area contributed by atoms with Crippen LogP contribution in [0.1, 0.15) is 19.4 Å². The van der Waals surface area contributed by atoms with Crippen molar-refractivity contribution in [2.24, 2.45) is 0 Å². The second-order valence-corrected chi connectivity index (χ2v) is 5.60. The molecule has 1 aromatic rings. The SMILES string of the molecule is CCN(CC)CCSCC(=O)Nc1ccc(C)cc1. The third kappa shape index (κ3) is 6.64. The van der Waals surface area contributed by atoms with E-state index >= 15 is 0 Å². The van der Waals surface area contributed by atoms with Gasteiger partial charge in [-0.15, -0.1) is 0 Å². The van der Waals surface area contributed by atoms with Gasteiger partial charge < -0.3 is 10.2 Å². The van der Waals surface area contributed by atoms with Crippen molar-refractivity contribution in [2.75, 3.05) is 36.5 Å². The largest absolute Gasteiger partial charge is 0.325 e. The Morgan fingerprint density at radius 2 is 1.84 bits per heavy atom. The molecule has 0 aliphatic carbocycles. The normalized spacial score (nSPS) is 10.7. The predicted molar refractivity (Wildman–Crippen MR) is 84.9 cm³/mol. The number of hydrogen-bond donors (Lipinski definition) is 1. The van der Waals surface area contributed by atoms with Gasteiger partial charge in [-0.25, -0.2) is 0 Å². The number of carbonyl (C=O) groups is 1. The molecule has 0 unspecified atom stereocenters. The Morgan fingerprint density at radius 3 is 2.42 bits per heavy atom. The molecule has 0 radical (unpaired) electrons. The maximum Gasteiger partial charge on any atom is 0.234 e. The van der Waals surface area contributed by atoms with Crippen LogP contribution >= 0.6 is 11.8 Å². The third-order valence-corrected chi connectivity index (χ3v) is 3.95. The summed E-state index contributed by atoms with van der Waals surface area (Å²) in [5, 5.41) is 2.91. The number of benzene rings is 1. The van der Waals surface area contributed by atoms with E-state index in [0.29, 0.717) is 5.75 Å². The van der Waals surface area contributed by atoms with Crippen molar-refractivity contribution in [3.63, 3.8) is 0 Å². The number of thioether (sulfide) groups is 1. The van der Waals surface area contributed by atoms with Crippen LogP contribution in [0.4, 0.5) is 5.69 Å². The molecule has 0 spiro atoms. The van der Waals surface area contributed by atoms with Gasteiger partial charge in [0.05, 0.1) is 5.75 Å². The number of rotatable bonds is 8. The minimum absolute atomic E-state index is 0.0772. The molecule has 1 rings (SSSR count). The van der Waals surface area contributed by atoms with Crippen molar-refractivity contribution in [2.45, 2.75) is 20.8 Å². The lowest BCUT2D eigenvalue weighted by molar-refractivity contribution is -0.113. The van der Waals surface area contributed by atoms with Gasteiger partial charge in [-0.1, -0.05) is 31.5 Å². The van der Waals surface area contributed by atoms with E-state index in [1.54, 1.807) is 11.8 Å². The van der Waals surface area contributed by atoms with Crippen LogP contribution in [-0.4, -0.2) is 41.9 Å². The summed E-state index contributed by atoms with van der Waals surface area (Å²) in [7, 11) is 0. The first-order chi connectivity index (χ1) is 9.15. The fourth-order valence-electron chi connectivity index (χ4n) is 1.73. The molecule has 1 aromatic carbocycles. The number of nitrogens with zero attached hydrogens (tertiary/aromatic N) is 1. The minimum atomic E-state index is 0.0772. The summed E-state index contributed by atoms with van der Waals surface area (Å²) in [4.78, 5) is 14.1. The molecule has 0 atom stereocenters. The summed E-state index contributed by atoms with van der Waals surface area (Å²) in [5.41, 5.74) is 2.08. The summed E-state index contributed by atoms with van der Waals surface area (Å²) in [5.74, 6) is 1.60. The van der Waals surface area contributed by atoms with Crippen molar-refractivity contribution in [3.8, 4) is 0 Å². The van der Waals surface area contributed by atoms with Crippen molar-refractivity contribution in [1.82, 2.24) is 4.90 Å². The van der Waals surface area contributed by atoms with Crippen LogP contribution in [0.5, 0.6) is 0 Å². The maximum absolute atomic E-state index is 11.7. The van der Waals surface area contributed by atoms with Crippen LogP contribution in [0.25, 0.3) is 0 Å². The third-order valence-electron chi connectivity index (χ3n) is 3.01. The van der Waals surface area contributed by atoms with Crippen LogP contribution in [-0.2, 0) is 4.79 Å². The van der Waals surface area contributed by atoms with E-state index in [0.717, 1.165) is 31.1 Å². The molecule has 0 aliphatic heterocycles. The van der Waals surface area contributed by atoms with Gasteiger partial charge in [0.1, 0.15) is 0 Å². The second-order valence-electron chi connectivity index (χ2n) is 4.49. The van der Waals surface area contributed by atoms with E-state index in [9.17, 15) is 4.79 Å². The van der Waals surface area contributed by atoms with Gasteiger partial charge in [0.2, 0.25) is 5.91 Å². The van der Waals surface area contributed by atoms with Gasteiger partial charge in [0, 0.05) is 18.0 Å². The first-order valence-electron chi connectivity index (χ1n) is 6.82. The van der Waals surface area contributed by atoms with Crippen LogP contribution < -0.4 is 5.32 Å². The first-order valence-corrected chi connectivity index (χ1v) is 7.97. The molecule has 1 N–H and O–H groups in total. The number of hydrogen-bond acceptors (Lipinski definition) is 3. The number of anilines is 1. The summed E-state index contributed by atoms with van der Waals surface area (Å²) < 4.78 is 0. The van der Waals surface area contributed by atoms with Crippen molar-refractivity contribution in [1.29, 1.82) is 0 Å². The highest BCUT2D eigenvalue weighted by molar-refractivity contribution is 7.99. The Kier molecular flexibility index (Phi) is 7.60. The highest BCUT2D eigenvalue weighted by Gasteiger charge is 2.03. The predicted octanol–water partition coefficient (Wildman–Crippen LogP) is 3.01. The Hall–Kier alpha value is -1.00. The number of aryl methyl sites for hydroxylation is 1. The number of carbonyl (C=O) groups excluding carboxylic acids is 1. The van der Waals surface area contributed by atoms with Crippen molar-refractivity contribution >= 4 is 23.4 Å². The number of amides is 1. The lowest BCUT2D eigenvalue weighted by atomic mass is 10.2. The van der Waals surface area contributed by atoms with Gasteiger partial charge in [0.15, 0.2) is 0 Å². The van der Waals surface area contributed by atoms with E-state index in [1.165, 1.54) is 5.56 Å². The zero-order valence-corrected chi connectivity index (χ0v) is 12.9. The Morgan fingerprint density at radius 1 is 1.21 bits per heavy atom. The molecule has 0 saturated carbocycles. The highest BCUT2D eigenvalue weighted by atomic mass is 32.2. The molecule has 0 aromatic heterocycles. The topological polar surface area (TPSA) is 32.3 Å². The smallest absolute Gasteiger partial charge is 0.234 e. The molecular weight excluding hydrogens is 256 g/mol. The number of nitrogens with one attached hydrogen (secondary N) is 1. The summed E-state index contributed by atoms with van der Waals surface area (Å²) in [6.07, 6.45) is 0. The standard InChI is InChI=1S/C15H24N2OS/c1-4-17(5-2)10-11-19-12-15(18)16-14-8-6-13(3)7-9-14/h6-9H,4-5,10-12H2,1-3H3,(H,16,18). The molecular formula is C15H24N2OS. The van der Waals surface area contributed by atoms with Gasteiger partial charge in [-0.2, -0.15) is 11.8 Å². The van der Waals surface area contributed by atoms with Crippen molar-refractivity contribution < 1.29 is 4.79 Å². The molecule has 0 aliphatic rings. The highest BCUT2D eigenvalue weighted by Crippen LogP contribution is 2.09. The van der Waals surface area contributed by atoms with Crippen molar-refractivity contribution in [3.05, 3.63) is 29.8 Å². The molecule has 3 nitrogen and oxygen atoms in total. The Balaban J connectivity index is 2.19. The Labute approximate surface area is 120 Å². The van der Waals surface area contributed by atoms with Crippen LogP contribution in [0.15, 0.2) is 24.3 Å². The van der Waals surface area contributed by atoms with Gasteiger partial charge in [-0.3, -0.25) is 4.79 Å². The molecule has 0 saturated heterocycles. The van der Waals surface area contributed by atoms with E-state index < -0.39 is 0 Å². The second kappa shape index (κ2) is 8.99. The van der Waals surface area contributed by atoms with Gasteiger partial charge in [-0.05, 0) is 32.1 Å². The average molecular weight is 280 g/mol. The lowest BCUT2D eigenvalue weighted by Crippen LogP contribution is -2.26. The van der Waals surface area contributed by atoms with Gasteiger partial charge in [0.25, 0.3) is 0 Å². The average Bonchev–Trinajstić information content (AvgIpc) is 2.42. The molecule has 1 amide bonds. The Bertz CT molecular complexity index is 374. The zero-order valence-electron chi connectivity index (χ0n) is 12.1. The fourth-order valence-corrected chi connectivity index (χ4v) is 2.52. The molecule has 0 heterocycles. The molecule has 4 heteroatoms. The van der Waals surface area contributed by atoms with E-state index in [-0.39, 0.29) is 5.91 Å². The van der Waals surface area contributed by atoms with E-state index in [4.69, 9.17) is 0 Å². The molecule has 0 fully saturated rings. The van der Waals surface area contributed by atoms with Gasteiger partial charge >= 0.3 is 0 Å². The van der Waals surface area contributed by atoms with E-state index in [1.807, 2.05) is 31.2 Å². The minimum Gasteiger partial charge on any atom is -0.325 e. The van der Waals surface area contributed by atoms with Crippen LogP contribution in [0.3, 0.4) is 0 Å². The summed E-state index contributed by atoms with van der Waals surface area (Å²) >= 11 is 1.69.